The van der Waals surface area contributed by atoms with E-state index in [2.05, 4.69) is 31.5 Å². The van der Waals surface area contributed by atoms with Gasteiger partial charge < -0.3 is 10.6 Å². The molecule has 1 heterocycles. The largest absolute Gasteiger partial charge is 0.317 e. The molecule has 0 aliphatic rings. The van der Waals surface area contributed by atoms with Gasteiger partial charge in [-0.15, -0.1) is 0 Å². The van der Waals surface area contributed by atoms with E-state index >= 15 is 0 Å². The maximum Gasteiger partial charge on any atom is 0.315 e. The van der Waals surface area contributed by atoms with Gasteiger partial charge in [0.15, 0.2) is 0 Å². The minimum Gasteiger partial charge on any atom is -0.317 e. The number of benzene rings is 1. The van der Waals surface area contributed by atoms with Gasteiger partial charge in [0.2, 0.25) is 0 Å². The second-order valence-corrected chi connectivity index (χ2v) is 4.46. The van der Waals surface area contributed by atoms with Crippen LogP contribution in [0, 0.1) is 0 Å². The number of pyridine rings is 1. The molecule has 0 aliphatic heterocycles. The van der Waals surface area contributed by atoms with Gasteiger partial charge in [-0.25, -0.2) is 4.98 Å². The molecule has 96 valence electrons. The van der Waals surface area contributed by atoms with Crippen molar-refractivity contribution in [1.82, 2.24) is 4.98 Å². The first-order valence-electron chi connectivity index (χ1n) is 5.45. The van der Waals surface area contributed by atoms with Crippen LogP contribution in [-0.2, 0) is 9.59 Å². The number of rotatable bonds is 2. The predicted octanol–water partition coefficient (Wildman–Crippen LogP) is 2.42. The van der Waals surface area contributed by atoms with Crippen molar-refractivity contribution in [2.45, 2.75) is 0 Å². The lowest BCUT2D eigenvalue weighted by molar-refractivity contribution is -0.133. The fourth-order valence-electron chi connectivity index (χ4n) is 1.35. The number of nitrogens with one attached hydrogen (secondary N) is 2. The highest BCUT2D eigenvalue weighted by Crippen LogP contribution is 2.20. The van der Waals surface area contributed by atoms with Gasteiger partial charge >= 0.3 is 11.8 Å². The molecule has 2 aromatic rings. The van der Waals surface area contributed by atoms with Crippen molar-refractivity contribution in [3.63, 3.8) is 0 Å². The Labute approximate surface area is 118 Å². The molecule has 0 aliphatic carbocycles. The molecule has 5 nitrogen and oxygen atoms in total. The molecule has 0 spiro atoms. The minimum atomic E-state index is -0.769. The maximum absolute atomic E-state index is 11.7. The van der Waals surface area contributed by atoms with Crippen LogP contribution >= 0.6 is 15.9 Å². The Morgan fingerprint density at radius 2 is 1.63 bits per heavy atom. The van der Waals surface area contributed by atoms with Crippen LogP contribution in [0.25, 0.3) is 0 Å². The van der Waals surface area contributed by atoms with E-state index in [-0.39, 0.29) is 0 Å². The normalized spacial score (nSPS) is 9.74. The average Bonchev–Trinajstić information content (AvgIpc) is 2.42. The third-order valence-corrected chi connectivity index (χ3v) is 2.93. The van der Waals surface area contributed by atoms with Gasteiger partial charge in [-0.1, -0.05) is 18.2 Å². The maximum atomic E-state index is 11.7. The molecule has 2 N–H and O–H groups in total. The van der Waals surface area contributed by atoms with Gasteiger partial charge in [-0.2, -0.15) is 0 Å². The van der Waals surface area contributed by atoms with E-state index in [1.807, 2.05) is 6.07 Å². The van der Waals surface area contributed by atoms with Crippen molar-refractivity contribution in [2.75, 3.05) is 10.6 Å². The second-order valence-electron chi connectivity index (χ2n) is 3.60. The number of hydrogen-bond acceptors (Lipinski definition) is 3. The Kier molecular flexibility index (Phi) is 4.25. The Balaban J connectivity index is 2.01. The van der Waals surface area contributed by atoms with Crippen molar-refractivity contribution < 1.29 is 9.59 Å². The van der Waals surface area contributed by atoms with Crippen LogP contribution in [0.15, 0.2) is 53.1 Å². The zero-order valence-electron chi connectivity index (χ0n) is 9.76. The van der Waals surface area contributed by atoms with Crippen LogP contribution in [0.1, 0.15) is 0 Å². The van der Waals surface area contributed by atoms with Gasteiger partial charge in [0, 0.05) is 10.7 Å². The lowest BCUT2D eigenvalue weighted by atomic mass is 10.3. The van der Waals surface area contributed by atoms with Crippen LogP contribution in [0.4, 0.5) is 11.5 Å². The number of nitrogens with zero attached hydrogens (tertiary/aromatic N) is 1. The smallest absolute Gasteiger partial charge is 0.315 e. The summed E-state index contributed by atoms with van der Waals surface area (Å²) in [7, 11) is 0. The fourth-order valence-corrected chi connectivity index (χ4v) is 1.74. The summed E-state index contributed by atoms with van der Waals surface area (Å²) in [5.74, 6) is -1.19. The van der Waals surface area contributed by atoms with E-state index in [0.717, 1.165) is 0 Å². The van der Waals surface area contributed by atoms with Gasteiger partial charge in [-0.3, -0.25) is 9.59 Å². The molecule has 0 saturated heterocycles. The first kappa shape index (κ1) is 13.2. The molecule has 2 amide bonds. The third-order valence-electron chi connectivity index (χ3n) is 2.23. The van der Waals surface area contributed by atoms with E-state index in [4.69, 9.17) is 0 Å². The Morgan fingerprint density at radius 3 is 2.32 bits per heavy atom. The zero-order valence-corrected chi connectivity index (χ0v) is 11.3. The predicted molar refractivity (Wildman–Crippen MR) is 75.6 cm³/mol. The van der Waals surface area contributed by atoms with E-state index < -0.39 is 11.8 Å². The lowest BCUT2D eigenvalue weighted by Gasteiger charge is -2.07. The number of carbonyl (C=O) groups excluding carboxylic acids is 2. The van der Waals surface area contributed by atoms with Crippen molar-refractivity contribution in [3.05, 3.63) is 53.1 Å². The molecule has 0 fully saturated rings. The summed E-state index contributed by atoms with van der Waals surface area (Å²) in [4.78, 5) is 27.3. The molecule has 0 atom stereocenters. The third kappa shape index (κ3) is 3.62. The summed E-state index contributed by atoms with van der Waals surface area (Å²) < 4.78 is 0.703. The summed E-state index contributed by atoms with van der Waals surface area (Å²) in [6.07, 6.45) is 1.53. The second kappa shape index (κ2) is 6.10. The molecule has 1 aromatic heterocycles. The Hall–Kier alpha value is -2.21. The van der Waals surface area contributed by atoms with Crippen molar-refractivity contribution in [1.29, 1.82) is 0 Å². The van der Waals surface area contributed by atoms with Gasteiger partial charge in [0.05, 0.1) is 5.69 Å². The quantitative estimate of drug-likeness (QED) is 0.835. The van der Waals surface area contributed by atoms with Crippen LogP contribution in [0.5, 0.6) is 0 Å². The van der Waals surface area contributed by atoms with Gasteiger partial charge in [0.1, 0.15) is 5.82 Å². The summed E-state index contributed by atoms with van der Waals surface area (Å²) >= 11 is 3.28. The number of carbonyl (C=O) groups is 2. The first-order chi connectivity index (χ1) is 9.16. The van der Waals surface area contributed by atoms with Crippen molar-refractivity contribution >= 4 is 39.2 Å². The highest BCUT2D eigenvalue weighted by molar-refractivity contribution is 9.10. The SMILES string of the molecule is O=C(Nc1ccccn1)C(=O)Nc1ccccc1Br. The molecule has 0 bridgehead atoms. The number of halogens is 1. The van der Waals surface area contributed by atoms with Crippen LogP contribution < -0.4 is 10.6 Å². The molecular weight excluding hydrogens is 310 g/mol. The molecule has 19 heavy (non-hydrogen) atoms. The standard InChI is InChI=1S/C13H10BrN3O2/c14-9-5-1-2-6-10(9)16-12(18)13(19)17-11-7-3-4-8-15-11/h1-8H,(H,16,18)(H,15,17,19). The van der Waals surface area contributed by atoms with E-state index in [0.29, 0.717) is 16.0 Å². The molecule has 1 aromatic carbocycles. The van der Waals surface area contributed by atoms with E-state index in [1.165, 1.54) is 6.20 Å². The summed E-state index contributed by atoms with van der Waals surface area (Å²) in [5, 5.41) is 4.91. The lowest BCUT2D eigenvalue weighted by Crippen LogP contribution is -2.29. The van der Waals surface area contributed by atoms with Crippen molar-refractivity contribution in [3.8, 4) is 0 Å². The number of hydrogen-bond donors (Lipinski definition) is 2. The first-order valence-corrected chi connectivity index (χ1v) is 6.24. The molecule has 2 rings (SSSR count). The van der Waals surface area contributed by atoms with Crippen molar-refractivity contribution in [2.24, 2.45) is 0 Å². The molecule has 0 radical (unpaired) electrons. The molecule has 0 saturated carbocycles. The van der Waals surface area contributed by atoms with Crippen LogP contribution in [0.2, 0.25) is 0 Å². The number of anilines is 2. The Morgan fingerprint density at radius 1 is 0.947 bits per heavy atom. The topological polar surface area (TPSA) is 71.1 Å². The van der Waals surface area contributed by atoms with E-state index in [1.54, 1.807) is 36.4 Å². The zero-order chi connectivity index (χ0) is 13.7. The monoisotopic (exact) mass is 319 g/mol. The molecular formula is C13H10BrN3O2. The number of amides is 2. The average molecular weight is 320 g/mol. The highest BCUT2D eigenvalue weighted by Gasteiger charge is 2.15. The summed E-state index contributed by atoms with van der Waals surface area (Å²) in [5.41, 5.74) is 0.531. The van der Waals surface area contributed by atoms with Crippen LogP contribution in [-0.4, -0.2) is 16.8 Å². The van der Waals surface area contributed by atoms with Gasteiger partial charge in [-0.05, 0) is 40.2 Å². The fraction of sp³-hybridized carbons (Fsp3) is 0. The molecule has 6 heteroatoms. The molecule has 0 unspecified atom stereocenters. The Bertz CT molecular complexity index is 602. The number of para-hydroxylation sites is 1. The van der Waals surface area contributed by atoms with Crippen LogP contribution in [0.3, 0.4) is 0 Å². The number of aromatic nitrogens is 1. The highest BCUT2D eigenvalue weighted by atomic mass is 79.9. The summed E-state index contributed by atoms with van der Waals surface area (Å²) in [6.45, 7) is 0. The summed E-state index contributed by atoms with van der Waals surface area (Å²) in [6, 6.07) is 12.1. The van der Waals surface area contributed by atoms with E-state index in [9.17, 15) is 9.59 Å². The minimum absolute atomic E-state index is 0.328. The van der Waals surface area contributed by atoms with Gasteiger partial charge in [0.25, 0.3) is 0 Å².